The van der Waals surface area contributed by atoms with E-state index in [2.05, 4.69) is 33.4 Å². The molecule has 0 radical (unpaired) electrons. The molecule has 4 nitrogen and oxygen atoms in total. The van der Waals surface area contributed by atoms with Gasteiger partial charge < -0.3 is 14.9 Å². The Bertz CT molecular complexity index is 408. The molecular formula is C13H19BrN2O2. The Kier molecular flexibility index (Phi) is 6.57. The Hall–Kier alpha value is -1.23. The Morgan fingerprint density at radius 1 is 1.33 bits per heavy atom. The molecule has 18 heavy (non-hydrogen) atoms. The van der Waals surface area contributed by atoms with Gasteiger partial charge in [0.15, 0.2) is 11.5 Å². The van der Waals surface area contributed by atoms with Crippen molar-refractivity contribution >= 4 is 22.1 Å². The average molecular weight is 315 g/mol. The van der Waals surface area contributed by atoms with Gasteiger partial charge in [-0.3, -0.25) is 0 Å². The van der Waals surface area contributed by atoms with Crippen LogP contribution in [0.1, 0.15) is 25.8 Å². The maximum atomic E-state index is 5.70. The lowest BCUT2D eigenvalue weighted by Crippen LogP contribution is -2.02. The number of rotatable bonds is 7. The van der Waals surface area contributed by atoms with Crippen molar-refractivity contribution in [3.63, 3.8) is 0 Å². The van der Waals surface area contributed by atoms with Crippen molar-refractivity contribution in [1.29, 1.82) is 0 Å². The highest BCUT2D eigenvalue weighted by atomic mass is 79.9. The summed E-state index contributed by atoms with van der Waals surface area (Å²) in [5.74, 6) is 1.48. The zero-order chi connectivity index (χ0) is 13.4. The van der Waals surface area contributed by atoms with Crippen LogP contribution in [-0.4, -0.2) is 26.5 Å². The Balaban J connectivity index is 3.05. The summed E-state index contributed by atoms with van der Waals surface area (Å²) in [6.07, 6.45) is 2.69. The van der Waals surface area contributed by atoms with Crippen molar-refractivity contribution in [3.05, 3.63) is 22.2 Å². The van der Waals surface area contributed by atoms with Crippen LogP contribution in [0.5, 0.6) is 11.5 Å². The van der Waals surface area contributed by atoms with Gasteiger partial charge in [-0.15, -0.1) is 0 Å². The van der Waals surface area contributed by atoms with E-state index >= 15 is 0 Å². The number of benzene rings is 1. The van der Waals surface area contributed by atoms with Crippen LogP contribution in [0.4, 0.5) is 0 Å². The largest absolute Gasteiger partial charge is 0.490 e. The molecule has 5 heteroatoms. The first kappa shape index (κ1) is 14.8. The third kappa shape index (κ3) is 4.22. The van der Waals surface area contributed by atoms with E-state index in [4.69, 9.17) is 9.47 Å². The quantitative estimate of drug-likeness (QED) is 0.621. The SMILES string of the molecule is CCCOc1c(Br)cc(/C=N/NC)cc1OCC. The molecule has 0 aliphatic rings. The number of nitrogens with one attached hydrogen (secondary N) is 1. The average Bonchev–Trinajstić information content (AvgIpc) is 2.36. The molecule has 0 spiro atoms. The molecule has 1 N–H and O–H groups in total. The second kappa shape index (κ2) is 7.97. The molecule has 0 aliphatic carbocycles. The highest BCUT2D eigenvalue weighted by Gasteiger charge is 2.11. The molecule has 0 fully saturated rings. The van der Waals surface area contributed by atoms with Gasteiger partial charge in [-0.1, -0.05) is 6.92 Å². The molecule has 1 aromatic rings. The van der Waals surface area contributed by atoms with Crippen LogP contribution in [0.15, 0.2) is 21.7 Å². The monoisotopic (exact) mass is 314 g/mol. The first-order valence-electron chi connectivity index (χ1n) is 6.01. The summed E-state index contributed by atoms with van der Waals surface area (Å²) in [4.78, 5) is 0. The number of halogens is 1. The van der Waals surface area contributed by atoms with Gasteiger partial charge in [-0.2, -0.15) is 5.10 Å². The van der Waals surface area contributed by atoms with E-state index in [-0.39, 0.29) is 0 Å². The normalized spacial score (nSPS) is 10.7. The fourth-order valence-electron chi connectivity index (χ4n) is 1.41. The zero-order valence-corrected chi connectivity index (χ0v) is 12.6. The highest BCUT2D eigenvalue weighted by molar-refractivity contribution is 9.10. The topological polar surface area (TPSA) is 42.8 Å². The van der Waals surface area contributed by atoms with Crippen molar-refractivity contribution in [1.82, 2.24) is 5.43 Å². The summed E-state index contributed by atoms with van der Waals surface area (Å²) in [7, 11) is 1.76. The molecule has 0 heterocycles. The van der Waals surface area contributed by atoms with Gasteiger partial charge in [-0.05, 0) is 47.0 Å². The molecule has 1 rings (SSSR count). The van der Waals surface area contributed by atoms with Gasteiger partial charge in [-0.25, -0.2) is 0 Å². The molecule has 0 aliphatic heterocycles. The lowest BCUT2D eigenvalue weighted by atomic mass is 10.2. The molecule has 100 valence electrons. The van der Waals surface area contributed by atoms with Crippen LogP contribution in [-0.2, 0) is 0 Å². The van der Waals surface area contributed by atoms with Crippen LogP contribution in [0.25, 0.3) is 0 Å². The molecule has 0 unspecified atom stereocenters. The molecule has 0 saturated heterocycles. The fraction of sp³-hybridized carbons (Fsp3) is 0.462. The van der Waals surface area contributed by atoms with Crippen LogP contribution in [0, 0.1) is 0 Å². The van der Waals surface area contributed by atoms with E-state index in [1.807, 2.05) is 19.1 Å². The Morgan fingerprint density at radius 3 is 2.72 bits per heavy atom. The number of hydrogen-bond donors (Lipinski definition) is 1. The van der Waals surface area contributed by atoms with Gasteiger partial charge in [0.2, 0.25) is 0 Å². The zero-order valence-electron chi connectivity index (χ0n) is 11.0. The van der Waals surface area contributed by atoms with Crippen LogP contribution in [0.3, 0.4) is 0 Å². The predicted octanol–water partition coefficient (Wildman–Crippen LogP) is 3.19. The maximum absolute atomic E-state index is 5.70. The third-order valence-electron chi connectivity index (χ3n) is 2.12. The summed E-state index contributed by atoms with van der Waals surface area (Å²) in [6, 6.07) is 3.87. The van der Waals surface area contributed by atoms with E-state index in [0.717, 1.165) is 28.0 Å². The summed E-state index contributed by atoms with van der Waals surface area (Å²) < 4.78 is 12.2. The molecule has 0 bridgehead atoms. The number of hydrogen-bond acceptors (Lipinski definition) is 4. The van der Waals surface area contributed by atoms with Crippen molar-refractivity contribution in [2.45, 2.75) is 20.3 Å². The molecule has 1 aromatic carbocycles. The van der Waals surface area contributed by atoms with Gasteiger partial charge in [0.25, 0.3) is 0 Å². The first-order chi connectivity index (χ1) is 8.72. The minimum Gasteiger partial charge on any atom is -0.490 e. The van der Waals surface area contributed by atoms with Crippen LogP contribution < -0.4 is 14.9 Å². The third-order valence-corrected chi connectivity index (χ3v) is 2.71. The summed E-state index contributed by atoms with van der Waals surface area (Å²) in [5, 5.41) is 3.98. The van der Waals surface area contributed by atoms with Gasteiger partial charge >= 0.3 is 0 Å². The van der Waals surface area contributed by atoms with Crippen LogP contribution in [0.2, 0.25) is 0 Å². The second-order valence-corrected chi connectivity index (χ2v) is 4.45. The smallest absolute Gasteiger partial charge is 0.175 e. The van der Waals surface area contributed by atoms with Gasteiger partial charge in [0.05, 0.1) is 23.9 Å². The minimum atomic E-state index is 0.599. The van der Waals surface area contributed by atoms with E-state index in [1.54, 1.807) is 13.3 Å². The lowest BCUT2D eigenvalue weighted by molar-refractivity contribution is 0.275. The van der Waals surface area contributed by atoms with E-state index in [0.29, 0.717) is 13.2 Å². The van der Waals surface area contributed by atoms with E-state index < -0.39 is 0 Å². The van der Waals surface area contributed by atoms with E-state index in [1.165, 1.54) is 0 Å². The Morgan fingerprint density at radius 2 is 2.11 bits per heavy atom. The molecule has 0 amide bonds. The molecule has 0 atom stereocenters. The number of hydrazone groups is 1. The maximum Gasteiger partial charge on any atom is 0.175 e. The summed E-state index contributed by atoms with van der Waals surface area (Å²) in [6.45, 7) is 5.29. The van der Waals surface area contributed by atoms with Crippen molar-refractivity contribution in [3.8, 4) is 11.5 Å². The standard InChI is InChI=1S/C13H19BrN2O2/c1-4-6-18-13-11(14)7-10(9-16-15-3)8-12(13)17-5-2/h7-9,15H,4-6H2,1-3H3/b16-9+. The van der Waals surface area contributed by atoms with E-state index in [9.17, 15) is 0 Å². The number of ether oxygens (including phenoxy) is 2. The molecule has 0 saturated carbocycles. The van der Waals surface area contributed by atoms with Gasteiger partial charge in [0, 0.05) is 7.05 Å². The first-order valence-corrected chi connectivity index (χ1v) is 6.81. The lowest BCUT2D eigenvalue weighted by Gasteiger charge is -2.14. The van der Waals surface area contributed by atoms with Crippen LogP contribution >= 0.6 is 15.9 Å². The van der Waals surface area contributed by atoms with Crippen molar-refractivity contribution < 1.29 is 9.47 Å². The second-order valence-electron chi connectivity index (χ2n) is 3.59. The number of nitrogens with zero attached hydrogens (tertiary/aromatic N) is 1. The summed E-state index contributed by atoms with van der Waals surface area (Å²) in [5.41, 5.74) is 3.67. The fourth-order valence-corrected chi connectivity index (χ4v) is 1.98. The minimum absolute atomic E-state index is 0.599. The van der Waals surface area contributed by atoms with Gasteiger partial charge in [0.1, 0.15) is 0 Å². The predicted molar refractivity (Wildman–Crippen MR) is 77.8 cm³/mol. The van der Waals surface area contributed by atoms with Crippen molar-refractivity contribution in [2.24, 2.45) is 5.10 Å². The molecular weight excluding hydrogens is 296 g/mol. The highest BCUT2D eigenvalue weighted by Crippen LogP contribution is 2.36. The summed E-state index contributed by atoms with van der Waals surface area (Å²) >= 11 is 3.50. The van der Waals surface area contributed by atoms with Crippen molar-refractivity contribution in [2.75, 3.05) is 20.3 Å². The molecule has 0 aromatic heterocycles. The Labute approximate surface area is 116 Å².